The molecule has 114 valence electrons. The Balaban J connectivity index is 1.88. The van der Waals surface area contributed by atoms with E-state index in [2.05, 4.69) is 10.1 Å². The minimum atomic E-state index is -0.429. The second-order valence-electron chi connectivity index (χ2n) is 4.36. The van der Waals surface area contributed by atoms with E-state index in [1.165, 1.54) is 7.11 Å². The fraction of sp³-hybridized carbons (Fsp3) is 0.125. The lowest BCUT2D eigenvalue weighted by Crippen LogP contribution is -2.20. The van der Waals surface area contributed by atoms with Gasteiger partial charge in [-0.25, -0.2) is 4.79 Å². The first-order valence-electron chi connectivity index (χ1n) is 6.45. The highest BCUT2D eigenvalue weighted by molar-refractivity contribution is 6.30. The molecule has 0 radical (unpaired) electrons. The molecule has 0 atom stereocenters. The average molecular weight is 320 g/mol. The molecule has 0 saturated carbocycles. The monoisotopic (exact) mass is 319 g/mol. The smallest absolute Gasteiger partial charge is 0.337 e. The lowest BCUT2D eigenvalue weighted by atomic mass is 10.2. The predicted molar refractivity (Wildman–Crippen MR) is 83.4 cm³/mol. The van der Waals surface area contributed by atoms with E-state index >= 15 is 0 Å². The summed E-state index contributed by atoms with van der Waals surface area (Å²) in [7, 11) is 1.31. The van der Waals surface area contributed by atoms with E-state index < -0.39 is 5.97 Å². The Morgan fingerprint density at radius 1 is 1.14 bits per heavy atom. The zero-order valence-electron chi connectivity index (χ0n) is 11.8. The summed E-state index contributed by atoms with van der Waals surface area (Å²) in [6, 6.07) is 13.2. The summed E-state index contributed by atoms with van der Waals surface area (Å²) >= 11 is 5.82. The summed E-state index contributed by atoms with van der Waals surface area (Å²) in [5, 5.41) is 3.20. The average Bonchev–Trinajstić information content (AvgIpc) is 2.53. The minimum Gasteiger partial charge on any atom is -0.484 e. The van der Waals surface area contributed by atoms with E-state index in [4.69, 9.17) is 16.3 Å². The topological polar surface area (TPSA) is 64.6 Å². The van der Waals surface area contributed by atoms with Gasteiger partial charge in [-0.05, 0) is 42.5 Å². The van der Waals surface area contributed by atoms with Crippen molar-refractivity contribution in [1.29, 1.82) is 0 Å². The largest absolute Gasteiger partial charge is 0.484 e. The zero-order valence-corrected chi connectivity index (χ0v) is 12.6. The molecule has 0 bridgehead atoms. The first-order chi connectivity index (χ1) is 10.6. The van der Waals surface area contributed by atoms with Gasteiger partial charge in [0.2, 0.25) is 0 Å². The molecule has 0 aliphatic rings. The van der Waals surface area contributed by atoms with Gasteiger partial charge in [0.15, 0.2) is 6.61 Å². The van der Waals surface area contributed by atoms with Crippen molar-refractivity contribution < 1.29 is 19.1 Å². The van der Waals surface area contributed by atoms with Crippen molar-refractivity contribution in [3.8, 4) is 5.75 Å². The number of rotatable bonds is 5. The number of hydrogen-bond donors (Lipinski definition) is 1. The SMILES string of the molecule is COC(=O)c1ccc(NC(=O)COc2cccc(Cl)c2)cc1. The van der Waals surface area contributed by atoms with Gasteiger partial charge in [-0.3, -0.25) is 4.79 Å². The van der Waals surface area contributed by atoms with E-state index in [0.717, 1.165) is 0 Å². The van der Waals surface area contributed by atoms with Crippen LogP contribution in [0.2, 0.25) is 5.02 Å². The van der Waals surface area contributed by atoms with Gasteiger partial charge in [0.05, 0.1) is 12.7 Å². The van der Waals surface area contributed by atoms with Crippen LogP contribution in [0, 0.1) is 0 Å². The van der Waals surface area contributed by atoms with E-state index in [-0.39, 0.29) is 12.5 Å². The third kappa shape index (κ3) is 4.49. The molecule has 2 rings (SSSR count). The van der Waals surface area contributed by atoms with Crippen LogP contribution in [0.1, 0.15) is 10.4 Å². The van der Waals surface area contributed by atoms with Crippen molar-refractivity contribution in [3.63, 3.8) is 0 Å². The minimum absolute atomic E-state index is 0.140. The van der Waals surface area contributed by atoms with Gasteiger partial charge < -0.3 is 14.8 Å². The predicted octanol–water partition coefficient (Wildman–Crippen LogP) is 3.14. The number of halogens is 1. The van der Waals surface area contributed by atoms with E-state index in [1.54, 1.807) is 48.5 Å². The van der Waals surface area contributed by atoms with Crippen LogP contribution in [-0.4, -0.2) is 25.6 Å². The molecule has 0 aromatic heterocycles. The van der Waals surface area contributed by atoms with Gasteiger partial charge in [-0.2, -0.15) is 0 Å². The molecule has 0 fully saturated rings. The van der Waals surface area contributed by atoms with Crippen LogP contribution in [0.25, 0.3) is 0 Å². The molecule has 0 spiro atoms. The summed E-state index contributed by atoms with van der Waals surface area (Å²) in [6.07, 6.45) is 0. The summed E-state index contributed by atoms with van der Waals surface area (Å²) in [6.45, 7) is -0.140. The Kier molecular flexibility index (Phi) is 5.38. The number of esters is 1. The van der Waals surface area contributed by atoms with Crippen LogP contribution < -0.4 is 10.1 Å². The highest BCUT2D eigenvalue weighted by atomic mass is 35.5. The lowest BCUT2D eigenvalue weighted by molar-refractivity contribution is -0.118. The van der Waals surface area contributed by atoms with Crippen LogP contribution in [0.3, 0.4) is 0 Å². The fourth-order valence-electron chi connectivity index (χ4n) is 1.71. The molecule has 0 saturated heterocycles. The summed E-state index contributed by atoms with van der Waals surface area (Å²) in [5.74, 6) is -0.225. The molecule has 2 aromatic carbocycles. The second kappa shape index (κ2) is 7.47. The number of anilines is 1. The molecule has 0 heterocycles. The third-order valence-electron chi connectivity index (χ3n) is 2.76. The normalized spacial score (nSPS) is 9.91. The standard InChI is InChI=1S/C16H14ClNO4/c1-21-16(20)11-5-7-13(8-6-11)18-15(19)10-22-14-4-2-3-12(17)9-14/h2-9H,10H2,1H3,(H,18,19). The molecule has 22 heavy (non-hydrogen) atoms. The zero-order chi connectivity index (χ0) is 15.9. The van der Waals surface area contributed by atoms with Gasteiger partial charge in [-0.1, -0.05) is 17.7 Å². The maximum atomic E-state index is 11.8. The Morgan fingerprint density at radius 3 is 2.50 bits per heavy atom. The summed E-state index contributed by atoms with van der Waals surface area (Å²) < 4.78 is 9.93. The number of nitrogens with one attached hydrogen (secondary N) is 1. The molecule has 5 nitrogen and oxygen atoms in total. The number of benzene rings is 2. The van der Waals surface area contributed by atoms with Crippen LogP contribution >= 0.6 is 11.6 Å². The van der Waals surface area contributed by atoms with Crippen molar-refractivity contribution >= 4 is 29.2 Å². The van der Waals surface area contributed by atoms with Gasteiger partial charge in [0.25, 0.3) is 5.91 Å². The fourth-order valence-corrected chi connectivity index (χ4v) is 1.89. The van der Waals surface area contributed by atoms with Crippen molar-refractivity contribution in [2.24, 2.45) is 0 Å². The van der Waals surface area contributed by atoms with E-state index in [1.807, 2.05) is 0 Å². The number of amides is 1. The van der Waals surface area contributed by atoms with Crippen molar-refractivity contribution in [2.75, 3.05) is 19.0 Å². The lowest BCUT2D eigenvalue weighted by Gasteiger charge is -2.08. The molecule has 0 aliphatic heterocycles. The number of hydrogen-bond acceptors (Lipinski definition) is 4. The molecule has 0 unspecified atom stereocenters. The molecule has 1 N–H and O–H groups in total. The summed E-state index contributed by atoms with van der Waals surface area (Å²) in [4.78, 5) is 23.1. The van der Waals surface area contributed by atoms with Crippen LogP contribution in [0.4, 0.5) is 5.69 Å². The van der Waals surface area contributed by atoms with Gasteiger partial charge in [0, 0.05) is 10.7 Å². The van der Waals surface area contributed by atoms with Gasteiger partial charge >= 0.3 is 5.97 Å². The quantitative estimate of drug-likeness (QED) is 0.860. The first kappa shape index (κ1) is 15.9. The second-order valence-corrected chi connectivity index (χ2v) is 4.80. The number of carbonyl (C=O) groups excluding carboxylic acids is 2. The Labute approximate surface area is 132 Å². The van der Waals surface area contributed by atoms with Crippen molar-refractivity contribution in [2.45, 2.75) is 0 Å². The molecule has 0 aliphatic carbocycles. The third-order valence-corrected chi connectivity index (χ3v) is 2.99. The first-order valence-corrected chi connectivity index (χ1v) is 6.83. The molecular formula is C16H14ClNO4. The Morgan fingerprint density at radius 2 is 1.86 bits per heavy atom. The van der Waals surface area contributed by atoms with Gasteiger partial charge in [-0.15, -0.1) is 0 Å². The molecule has 2 aromatic rings. The van der Waals surface area contributed by atoms with Crippen molar-refractivity contribution in [1.82, 2.24) is 0 Å². The molecule has 1 amide bonds. The Hall–Kier alpha value is -2.53. The summed E-state index contributed by atoms with van der Waals surface area (Å²) in [5.41, 5.74) is 0.975. The maximum absolute atomic E-state index is 11.8. The molecular weight excluding hydrogens is 306 g/mol. The molecule has 6 heteroatoms. The highest BCUT2D eigenvalue weighted by Crippen LogP contribution is 2.17. The Bertz CT molecular complexity index is 670. The van der Waals surface area contributed by atoms with Crippen LogP contribution in [0.5, 0.6) is 5.75 Å². The van der Waals surface area contributed by atoms with E-state index in [0.29, 0.717) is 22.0 Å². The number of methoxy groups -OCH3 is 1. The van der Waals surface area contributed by atoms with Gasteiger partial charge in [0.1, 0.15) is 5.75 Å². The van der Waals surface area contributed by atoms with Crippen LogP contribution in [0.15, 0.2) is 48.5 Å². The van der Waals surface area contributed by atoms with Crippen LogP contribution in [-0.2, 0) is 9.53 Å². The van der Waals surface area contributed by atoms with E-state index in [9.17, 15) is 9.59 Å². The highest BCUT2D eigenvalue weighted by Gasteiger charge is 2.07. The number of carbonyl (C=O) groups is 2. The van der Waals surface area contributed by atoms with Crippen molar-refractivity contribution in [3.05, 3.63) is 59.1 Å². The maximum Gasteiger partial charge on any atom is 0.337 e. The number of ether oxygens (including phenoxy) is 2.